The highest BCUT2D eigenvalue weighted by atomic mass is 16.5. The van der Waals surface area contributed by atoms with Gasteiger partial charge in [-0.15, -0.1) is 0 Å². The van der Waals surface area contributed by atoms with Crippen LogP contribution in [0.4, 0.5) is 5.69 Å². The molecule has 0 heterocycles. The van der Waals surface area contributed by atoms with Gasteiger partial charge in [-0.1, -0.05) is 36.4 Å². The van der Waals surface area contributed by atoms with E-state index in [0.717, 1.165) is 5.56 Å². The number of carboxylic acid groups (broad SMARTS) is 1. The van der Waals surface area contributed by atoms with Crippen molar-refractivity contribution in [2.45, 2.75) is 6.42 Å². The minimum absolute atomic E-state index is 0.0501. The number of carboxylic acids is 1. The van der Waals surface area contributed by atoms with E-state index in [4.69, 9.17) is 4.74 Å². The molecule has 5 heteroatoms. The van der Waals surface area contributed by atoms with Crippen LogP contribution in [0.3, 0.4) is 0 Å². The molecular formula is C16H14NO4-. The third-order valence-electron chi connectivity index (χ3n) is 2.96. The van der Waals surface area contributed by atoms with E-state index < -0.39 is 5.97 Å². The average Bonchev–Trinajstić information content (AvgIpc) is 2.48. The van der Waals surface area contributed by atoms with Crippen LogP contribution in [0.1, 0.15) is 15.9 Å². The number of hydrogen-bond acceptors (Lipinski definition) is 4. The molecule has 2 aromatic carbocycles. The molecule has 0 spiro atoms. The number of carbonyl (C=O) groups excluding carboxylic acids is 2. The summed E-state index contributed by atoms with van der Waals surface area (Å²) < 4.78 is 5.17. The van der Waals surface area contributed by atoms with Gasteiger partial charge in [-0.05, 0) is 12.1 Å². The van der Waals surface area contributed by atoms with E-state index in [-0.39, 0.29) is 23.6 Å². The van der Waals surface area contributed by atoms with Gasteiger partial charge in [-0.25, -0.2) is 0 Å². The van der Waals surface area contributed by atoms with Crippen LogP contribution in [0.5, 0.6) is 5.75 Å². The predicted octanol–water partition coefficient (Wildman–Crippen LogP) is 1.24. The van der Waals surface area contributed by atoms with Crippen LogP contribution in [0.2, 0.25) is 0 Å². The second kappa shape index (κ2) is 6.56. The lowest BCUT2D eigenvalue weighted by molar-refractivity contribution is -0.254. The van der Waals surface area contributed by atoms with Crippen molar-refractivity contribution in [3.63, 3.8) is 0 Å². The van der Waals surface area contributed by atoms with Crippen molar-refractivity contribution in [3.05, 3.63) is 59.7 Å². The van der Waals surface area contributed by atoms with E-state index >= 15 is 0 Å². The zero-order valence-corrected chi connectivity index (χ0v) is 11.5. The summed E-state index contributed by atoms with van der Waals surface area (Å²) in [4.78, 5) is 23.0. The Bertz CT molecular complexity index is 667. The summed E-state index contributed by atoms with van der Waals surface area (Å²) in [7, 11) is 1.53. The summed E-state index contributed by atoms with van der Waals surface area (Å²) in [5.74, 6) is -1.04. The first-order valence-electron chi connectivity index (χ1n) is 6.34. The summed E-state index contributed by atoms with van der Waals surface area (Å²) in [6.45, 7) is 0. The van der Waals surface area contributed by atoms with Crippen molar-refractivity contribution in [1.29, 1.82) is 0 Å². The topological polar surface area (TPSA) is 78.5 Å². The number of methoxy groups -OCH3 is 1. The van der Waals surface area contributed by atoms with Gasteiger partial charge in [0.05, 0.1) is 19.5 Å². The number of amides is 1. The minimum Gasteiger partial charge on any atom is -0.545 e. The molecule has 0 unspecified atom stereocenters. The standard InChI is InChI=1S/C16H15NO4/c1-21-14-9-5-2-6-11(14)10-15(18)17-13-8-4-3-7-12(13)16(19)20/h2-9H,10H2,1H3,(H,17,18)(H,19,20)/p-1. The molecule has 1 amide bonds. The number of ether oxygens (including phenoxy) is 1. The Morgan fingerprint density at radius 1 is 1.10 bits per heavy atom. The maximum absolute atomic E-state index is 12.0. The molecule has 0 atom stereocenters. The zero-order chi connectivity index (χ0) is 15.2. The van der Waals surface area contributed by atoms with E-state index in [9.17, 15) is 14.7 Å². The molecule has 1 N–H and O–H groups in total. The molecule has 21 heavy (non-hydrogen) atoms. The van der Waals surface area contributed by atoms with Crippen molar-refractivity contribution < 1.29 is 19.4 Å². The van der Waals surface area contributed by atoms with E-state index in [1.807, 2.05) is 6.07 Å². The molecule has 0 radical (unpaired) electrons. The third-order valence-corrected chi connectivity index (χ3v) is 2.96. The fourth-order valence-corrected chi connectivity index (χ4v) is 1.99. The number of nitrogens with one attached hydrogen (secondary N) is 1. The first-order valence-corrected chi connectivity index (χ1v) is 6.34. The molecule has 0 saturated carbocycles. The lowest BCUT2D eigenvalue weighted by Crippen LogP contribution is -2.25. The van der Waals surface area contributed by atoms with E-state index in [1.54, 1.807) is 30.3 Å². The van der Waals surface area contributed by atoms with Crippen LogP contribution in [0.15, 0.2) is 48.5 Å². The third kappa shape index (κ3) is 3.60. The Hall–Kier alpha value is -2.82. The highest BCUT2D eigenvalue weighted by molar-refractivity contribution is 6.00. The smallest absolute Gasteiger partial charge is 0.228 e. The number of benzene rings is 2. The van der Waals surface area contributed by atoms with Crippen LogP contribution in [-0.2, 0) is 11.2 Å². The second-order valence-electron chi connectivity index (χ2n) is 4.37. The molecule has 2 rings (SSSR count). The fraction of sp³-hybridized carbons (Fsp3) is 0.125. The molecule has 0 aliphatic carbocycles. The molecular weight excluding hydrogens is 270 g/mol. The van der Waals surface area contributed by atoms with E-state index in [2.05, 4.69) is 5.32 Å². The van der Waals surface area contributed by atoms with Crippen molar-refractivity contribution in [2.24, 2.45) is 0 Å². The number of para-hydroxylation sites is 2. The first kappa shape index (κ1) is 14.6. The quantitative estimate of drug-likeness (QED) is 0.896. The molecule has 0 saturated heterocycles. The summed E-state index contributed by atoms with van der Waals surface area (Å²) in [6.07, 6.45) is 0.0887. The molecule has 108 valence electrons. The number of anilines is 1. The van der Waals surface area contributed by atoms with Crippen LogP contribution in [0, 0.1) is 0 Å². The van der Waals surface area contributed by atoms with Crippen LogP contribution >= 0.6 is 0 Å². The van der Waals surface area contributed by atoms with Gasteiger partial charge in [-0.2, -0.15) is 0 Å². The van der Waals surface area contributed by atoms with Gasteiger partial charge in [0.15, 0.2) is 0 Å². The van der Waals surface area contributed by atoms with Crippen molar-refractivity contribution in [2.75, 3.05) is 12.4 Å². The van der Waals surface area contributed by atoms with Crippen molar-refractivity contribution >= 4 is 17.6 Å². The lowest BCUT2D eigenvalue weighted by Gasteiger charge is -2.12. The largest absolute Gasteiger partial charge is 0.545 e. The summed E-state index contributed by atoms with van der Waals surface area (Å²) >= 11 is 0. The zero-order valence-electron chi connectivity index (χ0n) is 11.5. The SMILES string of the molecule is COc1ccccc1CC(=O)Nc1ccccc1C(=O)[O-]. The summed E-state index contributed by atoms with van der Waals surface area (Å²) in [5, 5.41) is 13.6. The van der Waals surface area contributed by atoms with Gasteiger partial charge in [0, 0.05) is 16.8 Å². The Balaban J connectivity index is 2.14. The second-order valence-corrected chi connectivity index (χ2v) is 4.37. The monoisotopic (exact) mass is 284 g/mol. The number of rotatable bonds is 5. The Morgan fingerprint density at radius 3 is 2.48 bits per heavy atom. The molecule has 0 aliphatic heterocycles. The molecule has 0 bridgehead atoms. The molecule has 5 nitrogen and oxygen atoms in total. The summed E-state index contributed by atoms with van der Waals surface area (Å²) in [6, 6.07) is 13.3. The van der Waals surface area contributed by atoms with Gasteiger partial charge >= 0.3 is 0 Å². The molecule has 0 fully saturated rings. The van der Waals surface area contributed by atoms with Gasteiger partial charge in [0.2, 0.25) is 5.91 Å². The van der Waals surface area contributed by atoms with E-state index in [0.29, 0.717) is 5.75 Å². The Morgan fingerprint density at radius 2 is 1.76 bits per heavy atom. The minimum atomic E-state index is -1.33. The van der Waals surface area contributed by atoms with Crippen LogP contribution in [0.25, 0.3) is 0 Å². The highest BCUT2D eigenvalue weighted by Crippen LogP contribution is 2.19. The highest BCUT2D eigenvalue weighted by Gasteiger charge is 2.10. The van der Waals surface area contributed by atoms with Gasteiger partial charge in [-0.3, -0.25) is 4.79 Å². The number of aromatic carboxylic acids is 1. The first-order chi connectivity index (χ1) is 10.1. The summed E-state index contributed by atoms with van der Waals surface area (Å²) in [5.41, 5.74) is 0.895. The van der Waals surface area contributed by atoms with Gasteiger partial charge < -0.3 is 20.0 Å². The molecule has 2 aromatic rings. The van der Waals surface area contributed by atoms with Crippen LogP contribution < -0.4 is 15.2 Å². The maximum Gasteiger partial charge on any atom is 0.228 e. The number of carbonyl (C=O) groups is 2. The average molecular weight is 284 g/mol. The predicted molar refractivity (Wildman–Crippen MR) is 76.1 cm³/mol. The Labute approximate surface area is 122 Å². The van der Waals surface area contributed by atoms with Crippen molar-refractivity contribution in [3.8, 4) is 5.75 Å². The maximum atomic E-state index is 12.0. The molecule has 0 aliphatic rings. The molecule has 0 aromatic heterocycles. The normalized spacial score (nSPS) is 9.95. The van der Waals surface area contributed by atoms with Gasteiger partial charge in [0.25, 0.3) is 0 Å². The number of hydrogen-bond donors (Lipinski definition) is 1. The van der Waals surface area contributed by atoms with Crippen molar-refractivity contribution in [1.82, 2.24) is 0 Å². The van der Waals surface area contributed by atoms with E-state index in [1.165, 1.54) is 19.2 Å². The van der Waals surface area contributed by atoms with Gasteiger partial charge in [0.1, 0.15) is 5.75 Å². The van der Waals surface area contributed by atoms with Crippen LogP contribution in [-0.4, -0.2) is 19.0 Å². The Kier molecular flexibility index (Phi) is 4.56. The lowest BCUT2D eigenvalue weighted by atomic mass is 10.1. The fourth-order valence-electron chi connectivity index (χ4n) is 1.99.